The fourth-order valence-corrected chi connectivity index (χ4v) is 6.36. The molecule has 4 aromatic rings. The molecule has 0 saturated carbocycles. The van der Waals surface area contributed by atoms with Crippen molar-refractivity contribution in [3.63, 3.8) is 0 Å². The molecule has 8 nitrogen and oxygen atoms in total. The van der Waals surface area contributed by atoms with Crippen molar-refractivity contribution in [3.05, 3.63) is 66.4 Å². The molecule has 3 aromatic heterocycles. The topological polar surface area (TPSA) is 90.2 Å². The Bertz CT molecular complexity index is 1500. The lowest BCUT2D eigenvalue weighted by Crippen LogP contribution is -2.39. The number of hydrogen-bond donors (Lipinski definition) is 0. The molecule has 10 heteroatoms. The molecule has 0 bridgehead atoms. The van der Waals surface area contributed by atoms with Gasteiger partial charge in [0.2, 0.25) is 10.0 Å². The first kappa shape index (κ1) is 21.2. The zero-order chi connectivity index (χ0) is 23.3. The Balaban J connectivity index is 1.31. The third-order valence-electron chi connectivity index (χ3n) is 6.55. The summed E-state index contributed by atoms with van der Waals surface area (Å²) in [5.41, 5.74) is 2.61. The van der Waals surface area contributed by atoms with E-state index in [1.165, 1.54) is 16.7 Å². The van der Waals surface area contributed by atoms with E-state index in [1.54, 1.807) is 36.5 Å². The summed E-state index contributed by atoms with van der Waals surface area (Å²) in [5.74, 6) is 0.779. The van der Waals surface area contributed by atoms with Gasteiger partial charge in [0.25, 0.3) is 0 Å². The van der Waals surface area contributed by atoms with Crippen LogP contribution in [-0.2, 0) is 16.4 Å². The lowest BCUT2D eigenvalue weighted by Gasteiger charge is -2.32. The second-order valence-electron chi connectivity index (χ2n) is 8.51. The van der Waals surface area contributed by atoms with Gasteiger partial charge in [-0.1, -0.05) is 0 Å². The molecular weight excluding hydrogens is 457 g/mol. The van der Waals surface area contributed by atoms with Crippen LogP contribution in [0.15, 0.2) is 59.9 Å². The zero-order valence-corrected chi connectivity index (χ0v) is 19.1. The maximum Gasteiger partial charge on any atom is 0.243 e. The number of fused-ring (bicyclic) bond motifs is 2. The summed E-state index contributed by atoms with van der Waals surface area (Å²) in [6.45, 7) is 1.29. The summed E-state index contributed by atoms with van der Waals surface area (Å²) < 4.78 is 50.2. The van der Waals surface area contributed by atoms with E-state index >= 15 is 0 Å². The molecule has 0 aliphatic carbocycles. The van der Waals surface area contributed by atoms with Crippen LogP contribution in [0.4, 0.5) is 4.39 Å². The minimum atomic E-state index is -3.62. The van der Waals surface area contributed by atoms with Crippen molar-refractivity contribution in [1.29, 1.82) is 0 Å². The van der Waals surface area contributed by atoms with Gasteiger partial charge in [-0.15, -0.1) is 0 Å². The molecule has 174 valence electrons. The fraction of sp³-hybridized carbons (Fsp3) is 0.292. The van der Waals surface area contributed by atoms with Crippen LogP contribution in [0.5, 0.6) is 5.75 Å². The number of halogens is 1. The smallest absolute Gasteiger partial charge is 0.243 e. The number of aromatic nitrogens is 4. The molecule has 0 spiro atoms. The van der Waals surface area contributed by atoms with Gasteiger partial charge in [-0.2, -0.15) is 4.31 Å². The van der Waals surface area contributed by atoms with Crippen molar-refractivity contribution in [1.82, 2.24) is 23.8 Å². The van der Waals surface area contributed by atoms with E-state index in [-0.39, 0.29) is 6.04 Å². The lowest BCUT2D eigenvalue weighted by atomic mass is 10.1. The van der Waals surface area contributed by atoms with E-state index in [0.29, 0.717) is 60.0 Å². The highest BCUT2D eigenvalue weighted by molar-refractivity contribution is 7.89. The van der Waals surface area contributed by atoms with E-state index in [0.717, 1.165) is 17.7 Å². The third kappa shape index (κ3) is 3.45. The number of ether oxygens (including phenoxy) is 1. The Morgan fingerprint density at radius 1 is 1.09 bits per heavy atom. The van der Waals surface area contributed by atoms with Crippen LogP contribution in [0, 0.1) is 5.82 Å². The summed E-state index contributed by atoms with van der Waals surface area (Å²) in [6, 6.07) is 10.2. The Morgan fingerprint density at radius 2 is 1.94 bits per heavy atom. The summed E-state index contributed by atoms with van der Waals surface area (Å²) >= 11 is 0. The van der Waals surface area contributed by atoms with E-state index < -0.39 is 15.8 Å². The first-order valence-electron chi connectivity index (χ1n) is 11.2. The first-order valence-corrected chi connectivity index (χ1v) is 12.6. The average molecular weight is 480 g/mol. The molecule has 0 atom stereocenters. The van der Waals surface area contributed by atoms with Crippen LogP contribution < -0.4 is 4.74 Å². The van der Waals surface area contributed by atoms with Crippen molar-refractivity contribution < 1.29 is 17.5 Å². The number of pyridine rings is 2. The first-order chi connectivity index (χ1) is 16.5. The molecular formula is C24H22FN5O3S. The minimum absolute atomic E-state index is 0.0673. The highest BCUT2D eigenvalue weighted by atomic mass is 32.2. The molecule has 0 unspecified atom stereocenters. The van der Waals surface area contributed by atoms with Crippen LogP contribution in [-0.4, -0.2) is 51.9 Å². The Labute approximate surface area is 196 Å². The zero-order valence-electron chi connectivity index (χ0n) is 18.3. The monoisotopic (exact) mass is 479 g/mol. The Kier molecular flexibility index (Phi) is 5.07. The van der Waals surface area contributed by atoms with Gasteiger partial charge in [0.15, 0.2) is 11.5 Å². The summed E-state index contributed by atoms with van der Waals surface area (Å²) in [7, 11) is -3.62. The van der Waals surface area contributed by atoms with Crippen molar-refractivity contribution in [2.75, 3.05) is 19.7 Å². The maximum atomic E-state index is 14.6. The van der Waals surface area contributed by atoms with Crippen LogP contribution in [0.2, 0.25) is 0 Å². The molecule has 5 heterocycles. The molecule has 1 aromatic carbocycles. The highest BCUT2D eigenvalue weighted by Gasteiger charge is 2.33. The summed E-state index contributed by atoms with van der Waals surface area (Å²) in [4.78, 5) is 13.3. The molecule has 2 aliphatic rings. The van der Waals surface area contributed by atoms with E-state index in [1.807, 2.05) is 10.6 Å². The Hall–Kier alpha value is -3.37. The van der Waals surface area contributed by atoms with Gasteiger partial charge in [-0.3, -0.25) is 4.98 Å². The number of benzene rings is 1. The predicted molar refractivity (Wildman–Crippen MR) is 123 cm³/mol. The van der Waals surface area contributed by atoms with Crippen molar-refractivity contribution >= 4 is 21.2 Å². The molecule has 0 amide bonds. The molecule has 2 aliphatic heterocycles. The lowest BCUT2D eigenvalue weighted by molar-refractivity contribution is 0.278. The summed E-state index contributed by atoms with van der Waals surface area (Å²) in [5, 5.41) is 0. The maximum absolute atomic E-state index is 14.6. The standard InChI is InChI=1S/C24H22FN5O3S/c25-20-15-26-10-5-19(20)23-28-21-2-1-9-27-24(21)30(23)17-6-11-29(12-7-17)34(31,32)18-3-4-22-16(14-18)8-13-33-22/h1-5,9-10,14-15,17H,6-8,11-13H2. The number of piperidine rings is 1. The van der Waals surface area contributed by atoms with E-state index in [2.05, 4.69) is 15.0 Å². The average Bonchev–Trinajstić information content (AvgIpc) is 3.48. The van der Waals surface area contributed by atoms with Gasteiger partial charge in [0.05, 0.1) is 23.3 Å². The second kappa shape index (κ2) is 8.14. The number of rotatable bonds is 4. The van der Waals surface area contributed by atoms with Gasteiger partial charge in [0.1, 0.15) is 17.1 Å². The second-order valence-corrected chi connectivity index (χ2v) is 10.4. The number of sulfonamides is 1. The quantitative estimate of drug-likeness (QED) is 0.444. The molecule has 0 N–H and O–H groups in total. The van der Waals surface area contributed by atoms with E-state index in [9.17, 15) is 12.8 Å². The van der Waals surface area contributed by atoms with Crippen LogP contribution in [0.3, 0.4) is 0 Å². The van der Waals surface area contributed by atoms with Gasteiger partial charge in [0, 0.05) is 37.9 Å². The third-order valence-corrected chi connectivity index (χ3v) is 8.44. The normalized spacial score (nSPS) is 17.1. The van der Waals surface area contributed by atoms with Gasteiger partial charge in [-0.25, -0.2) is 22.8 Å². The number of hydrogen-bond acceptors (Lipinski definition) is 6. The molecule has 0 radical (unpaired) electrons. The SMILES string of the molecule is O=S(=O)(c1ccc2c(c1)CCO2)N1CCC(n2c(-c3ccncc3F)nc3cccnc32)CC1. The molecule has 1 fully saturated rings. The minimum Gasteiger partial charge on any atom is -0.493 e. The molecule has 6 rings (SSSR count). The van der Waals surface area contributed by atoms with Crippen LogP contribution >= 0.6 is 0 Å². The summed E-state index contributed by atoms with van der Waals surface area (Å²) in [6.07, 6.45) is 6.24. The largest absolute Gasteiger partial charge is 0.493 e. The van der Waals surface area contributed by atoms with Crippen molar-refractivity contribution in [2.45, 2.75) is 30.2 Å². The Morgan fingerprint density at radius 3 is 2.76 bits per heavy atom. The predicted octanol–water partition coefficient (Wildman–Crippen LogP) is 3.59. The van der Waals surface area contributed by atoms with Crippen LogP contribution in [0.1, 0.15) is 24.4 Å². The van der Waals surface area contributed by atoms with Gasteiger partial charge in [-0.05, 0) is 54.8 Å². The number of imidazole rings is 1. The van der Waals surface area contributed by atoms with Gasteiger partial charge < -0.3 is 9.30 Å². The van der Waals surface area contributed by atoms with Gasteiger partial charge >= 0.3 is 0 Å². The fourth-order valence-electron chi connectivity index (χ4n) is 4.84. The number of nitrogens with zero attached hydrogens (tertiary/aromatic N) is 5. The van der Waals surface area contributed by atoms with Crippen molar-refractivity contribution in [2.24, 2.45) is 0 Å². The van der Waals surface area contributed by atoms with Crippen LogP contribution in [0.25, 0.3) is 22.6 Å². The molecule has 1 saturated heterocycles. The van der Waals surface area contributed by atoms with Crippen molar-refractivity contribution in [3.8, 4) is 17.1 Å². The highest BCUT2D eigenvalue weighted by Crippen LogP contribution is 2.35. The molecule has 34 heavy (non-hydrogen) atoms. The van der Waals surface area contributed by atoms with E-state index in [4.69, 9.17) is 4.74 Å².